The number of nitrogens with two attached hydrogens (primary N) is 1. The number of thiophene rings is 1. The van der Waals surface area contributed by atoms with Crippen LogP contribution in [0.25, 0.3) is 0 Å². The van der Waals surface area contributed by atoms with Crippen LogP contribution in [0.1, 0.15) is 23.7 Å². The van der Waals surface area contributed by atoms with Crippen molar-refractivity contribution in [2.45, 2.75) is 19.4 Å². The van der Waals surface area contributed by atoms with Crippen molar-refractivity contribution in [3.63, 3.8) is 0 Å². The summed E-state index contributed by atoms with van der Waals surface area (Å²) in [6.07, 6.45) is 0.613. The largest absolute Gasteiger partial charge is 0.408 e. The molecule has 5 nitrogen and oxygen atoms in total. The lowest BCUT2D eigenvalue weighted by Crippen LogP contribution is -2.04. The first-order valence-corrected chi connectivity index (χ1v) is 6.00. The molecule has 6 heteroatoms. The Kier molecular flexibility index (Phi) is 3.53. The molecular weight excluding hydrogens is 224 g/mol. The smallest absolute Gasteiger partial charge is 0.315 e. The SMILES string of the molecule is CC(Nc1nnc(CCN)o1)c1cccs1. The molecule has 0 aliphatic carbocycles. The van der Waals surface area contributed by atoms with Gasteiger partial charge in [-0.25, -0.2) is 0 Å². The van der Waals surface area contributed by atoms with E-state index in [0.29, 0.717) is 24.9 Å². The maximum atomic E-state index is 5.40. The second-order valence-electron chi connectivity index (χ2n) is 3.42. The van der Waals surface area contributed by atoms with E-state index in [-0.39, 0.29) is 6.04 Å². The first-order valence-electron chi connectivity index (χ1n) is 5.12. The maximum Gasteiger partial charge on any atom is 0.315 e. The Hall–Kier alpha value is -1.40. The molecule has 0 bridgehead atoms. The molecule has 16 heavy (non-hydrogen) atoms. The van der Waals surface area contributed by atoms with E-state index in [4.69, 9.17) is 10.2 Å². The van der Waals surface area contributed by atoms with Gasteiger partial charge in [-0.1, -0.05) is 11.2 Å². The zero-order valence-corrected chi connectivity index (χ0v) is 9.83. The topological polar surface area (TPSA) is 77.0 Å². The highest BCUT2D eigenvalue weighted by Crippen LogP contribution is 2.22. The van der Waals surface area contributed by atoms with Crippen LogP contribution >= 0.6 is 11.3 Å². The van der Waals surface area contributed by atoms with Crippen molar-refractivity contribution < 1.29 is 4.42 Å². The molecule has 0 amide bonds. The first-order chi connectivity index (χ1) is 7.79. The van der Waals surface area contributed by atoms with Crippen molar-refractivity contribution in [1.29, 1.82) is 0 Å². The van der Waals surface area contributed by atoms with Crippen molar-refractivity contribution in [2.24, 2.45) is 5.73 Å². The quantitative estimate of drug-likeness (QED) is 0.830. The van der Waals surface area contributed by atoms with Crippen molar-refractivity contribution in [2.75, 3.05) is 11.9 Å². The van der Waals surface area contributed by atoms with E-state index in [1.54, 1.807) is 11.3 Å². The van der Waals surface area contributed by atoms with Crippen molar-refractivity contribution in [1.82, 2.24) is 10.2 Å². The molecule has 0 saturated heterocycles. The first kappa shape index (κ1) is 11.1. The van der Waals surface area contributed by atoms with Gasteiger partial charge in [-0.15, -0.1) is 16.4 Å². The van der Waals surface area contributed by atoms with E-state index in [1.165, 1.54) is 4.88 Å². The summed E-state index contributed by atoms with van der Waals surface area (Å²) in [5, 5.41) is 13.0. The van der Waals surface area contributed by atoms with Gasteiger partial charge in [0.2, 0.25) is 5.89 Å². The Labute approximate surface area is 97.7 Å². The molecule has 0 aliphatic rings. The highest BCUT2D eigenvalue weighted by Gasteiger charge is 2.10. The van der Waals surface area contributed by atoms with Gasteiger partial charge in [-0.2, -0.15) is 0 Å². The summed E-state index contributed by atoms with van der Waals surface area (Å²) in [7, 11) is 0. The Morgan fingerprint density at radius 1 is 1.56 bits per heavy atom. The van der Waals surface area contributed by atoms with Gasteiger partial charge in [-0.05, 0) is 18.4 Å². The maximum absolute atomic E-state index is 5.40. The van der Waals surface area contributed by atoms with Gasteiger partial charge in [0.15, 0.2) is 0 Å². The highest BCUT2D eigenvalue weighted by molar-refractivity contribution is 7.10. The monoisotopic (exact) mass is 238 g/mol. The number of aromatic nitrogens is 2. The molecule has 0 fully saturated rings. The highest BCUT2D eigenvalue weighted by atomic mass is 32.1. The lowest BCUT2D eigenvalue weighted by molar-refractivity contribution is 0.502. The molecule has 0 saturated carbocycles. The molecule has 2 aromatic heterocycles. The molecular formula is C10H14N4OS. The fourth-order valence-electron chi connectivity index (χ4n) is 1.33. The minimum atomic E-state index is 0.172. The fourth-order valence-corrected chi connectivity index (χ4v) is 2.06. The Bertz CT molecular complexity index is 426. The van der Waals surface area contributed by atoms with Gasteiger partial charge in [0.05, 0.1) is 6.04 Å². The van der Waals surface area contributed by atoms with Crippen LogP contribution in [0.3, 0.4) is 0 Å². The summed E-state index contributed by atoms with van der Waals surface area (Å²) in [4.78, 5) is 1.23. The number of nitrogens with zero attached hydrogens (tertiary/aromatic N) is 2. The third-order valence-electron chi connectivity index (χ3n) is 2.13. The van der Waals surface area contributed by atoms with Gasteiger partial charge in [0.25, 0.3) is 0 Å². The summed E-state index contributed by atoms with van der Waals surface area (Å²) >= 11 is 1.69. The zero-order valence-electron chi connectivity index (χ0n) is 9.01. The third kappa shape index (κ3) is 2.59. The number of hydrogen-bond acceptors (Lipinski definition) is 6. The Balaban J connectivity index is 1.98. The second kappa shape index (κ2) is 5.09. The molecule has 0 spiro atoms. The van der Waals surface area contributed by atoms with Gasteiger partial charge >= 0.3 is 6.01 Å². The van der Waals surface area contributed by atoms with Crippen LogP contribution in [-0.4, -0.2) is 16.7 Å². The number of nitrogens with one attached hydrogen (secondary N) is 1. The van der Waals surface area contributed by atoms with Crippen molar-refractivity contribution in [3.05, 3.63) is 28.3 Å². The molecule has 3 N–H and O–H groups in total. The van der Waals surface area contributed by atoms with E-state index in [0.717, 1.165) is 0 Å². The average molecular weight is 238 g/mol. The predicted molar refractivity (Wildman–Crippen MR) is 63.4 cm³/mol. The number of hydrogen-bond donors (Lipinski definition) is 2. The predicted octanol–water partition coefficient (Wildman–Crippen LogP) is 1.81. The number of rotatable bonds is 5. The van der Waals surface area contributed by atoms with Crippen molar-refractivity contribution in [3.8, 4) is 0 Å². The molecule has 1 atom stereocenters. The standard InChI is InChI=1S/C10H14N4OS/c1-7(8-3-2-6-16-8)12-10-14-13-9(15-10)4-5-11/h2-3,6-7H,4-5,11H2,1H3,(H,12,14). The summed E-state index contributed by atoms with van der Waals surface area (Å²) in [6, 6.07) is 4.71. The van der Waals surface area contributed by atoms with E-state index in [2.05, 4.69) is 28.5 Å². The summed E-state index contributed by atoms with van der Waals surface area (Å²) in [6.45, 7) is 2.57. The lowest BCUT2D eigenvalue weighted by Gasteiger charge is -2.08. The molecule has 86 valence electrons. The number of anilines is 1. The van der Waals surface area contributed by atoms with Crippen LogP contribution in [0.2, 0.25) is 0 Å². The molecule has 0 aromatic carbocycles. The van der Waals surface area contributed by atoms with Crippen LogP contribution in [-0.2, 0) is 6.42 Å². The van der Waals surface area contributed by atoms with E-state index < -0.39 is 0 Å². The van der Waals surface area contributed by atoms with Crippen LogP contribution < -0.4 is 11.1 Å². The molecule has 2 rings (SSSR count). The van der Waals surface area contributed by atoms with Crippen molar-refractivity contribution >= 4 is 17.4 Å². The Morgan fingerprint density at radius 2 is 2.44 bits per heavy atom. The molecule has 1 unspecified atom stereocenters. The molecule has 2 aromatic rings. The summed E-state index contributed by atoms with van der Waals surface area (Å²) < 4.78 is 5.38. The lowest BCUT2D eigenvalue weighted by atomic mass is 10.3. The minimum absolute atomic E-state index is 0.172. The average Bonchev–Trinajstić information content (AvgIpc) is 2.89. The van der Waals surface area contributed by atoms with Crippen LogP contribution in [0.4, 0.5) is 6.01 Å². The van der Waals surface area contributed by atoms with Crippen LogP contribution in [0.5, 0.6) is 0 Å². The summed E-state index contributed by atoms with van der Waals surface area (Å²) in [5.74, 6) is 0.573. The molecule has 0 radical (unpaired) electrons. The zero-order chi connectivity index (χ0) is 11.4. The minimum Gasteiger partial charge on any atom is -0.408 e. The van der Waals surface area contributed by atoms with Gasteiger partial charge in [-0.3, -0.25) is 0 Å². The van der Waals surface area contributed by atoms with E-state index in [9.17, 15) is 0 Å². The van der Waals surface area contributed by atoms with Gasteiger partial charge in [0.1, 0.15) is 0 Å². The van der Waals surface area contributed by atoms with E-state index in [1.807, 2.05) is 11.4 Å². The fraction of sp³-hybridized carbons (Fsp3) is 0.400. The van der Waals surface area contributed by atoms with Gasteiger partial charge < -0.3 is 15.5 Å². The molecule has 2 heterocycles. The van der Waals surface area contributed by atoms with E-state index >= 15 is 0 Å². The normalized spacial score (nSPS) is 12.6. The van der Waals surface area contributed by atoms with Gasteiger partial charge in [0, 0.05) is 17.8 Å². The third-order valence-corrected chi connectivity index (χ3v) is 3.19. The second-order valence-corrected chi connectivity index (χ2v) is 4.40. The Morgan fingerprint density at radius 3 is 3.12 bits per heavy atom. The summed E-state index contributed by atoms with van der Waals surface area (Å²) in [5.41, 5.74) is 5.40. The van der Waals surface area contributed by atoms with Crippen LogP contribution in [0, 0.1) is 0 Å². The molecule has 0 aliphatic heterocycles. The van der Waals surface area contributed by atoms with Crippen LogP contribution in [0.15, 0.2) is 21.9 Å².